The zero-order valence-electron chi connectivity index (χ0n) is 16.6. The summed E-state index contributed by atoms with van der Waals surface area (Å²) in [6.07, 6.45) is 3.81. The van der Waals surface area contributed by atoms with Crippen molar-refractivity contribution in [2.75, 3.05) is 32.8 Å². The van der Waals surface area contributed by atoms with E-state index in [4.69, 9.17) is 10.5 Å². The maximum atomic E-state index is 13.0. The first-order valence-corrected chi connectivity index (χ1v) is 10.0. The maximum absolute atomic E-state index is 13.0. The van der Waals surface area contributed by atoms with Gasteiger partial charge in [-0.1, -0.05) is 18.2 Å². The molecule has 2 aliphatic rings. The molecule has 1 aromatic rings. The Morgan fingerprint density at radius 2 is 1.79 bits per heavy atom. The topological polar surface area (TPSA) is 75.9 Å². The van der Waals surface area contributed by atoms with Crippen LogP contribution in [0.2, 0.25) is 0 Å². The molecule has 0 aromatic heterocycles. The van der Waals surface area contributed by atoms with Crippen LogP contribution in [0.1, 0.15) is 32.6 Å². The first-order valence-electron chi connectivity index (χ1n) is 10.0. The molecule has 2 saturated heterocycles. The molecule has 0 spiro atoms. The molecule has 0 bridgehead atoms. The van der Waals surface area contributed by atoms with E-state index in [0.717, 1.165) is 38.8 Å². The Kier molecular flexibility index (Phi) is 8.58. The number of halogens is 1. The van der Waals surface area contributed by atoms with E-state index in [2.05, 4.69) is 0 Å². The number of amides is 2. The lowest BCUT2D eigenvalue weighted by Crippen LogP contribution is -2.51. The van der Waals surface area contributed by atoms with Crippen LogP contribution in [0.25, 0.3) is 0 Å². The van der Waals surface area contributed by atoms with Crippen molar-refractivity contribution >= 4 is 24.2 Å². The molecule has 156 valence electrons. The predicted molar refractivity (Wildman–Crippen MR) is 111 cm³/mol. The number of carbonyl (C=O) groups is 2. The average molecular weight is 410 g/mol. The van der Waals surface area contributed by atoms with Gasteiger partial charge in [0.05, 0.1) is 5.92 Å². The first-order chi connectivity index (χ1) is 13.0. The highest BCUT2D eigenvalue weighted by Crippen LogP contribution is 2.24. The molecule has 1 aromatic carbocycles. The second-order valence-corrected chi connectivity index (χ2v) is 7.83. The molecule has 3 atom stereocenters. The summed E-state index contributed by atoms with van der Waals surface area (Å²) in [5, 5.41) is 0. The molecule has 2 amide bonds. The van der Waals surface area contributed by atoms with Gasteiger partial charge in [0.25, 0.3) is 5.91 Å². The molecule has 7 heteroatoms. The number of hydrogen-bond donors (Lipinski definition) is 1. The molecule has 0 saturated carbocycles. The Balaban J connectivity index is 0.00000280. The summed E-state index contributed by atoms with van der Waals surface area (Å²) in [5.41, 5.74) is 6.05. The van der Waals surface area contributed by atoms with Crippen molar-refractivity contribution in [3.63, 3.8) is 0 Å². The van der Waals surface area contributed by atoms with Gasteiger partial charge in [-0.15, -0.1) is 12.4 Å². The van der Waals surface area contributed by atoms with E-state index >= 15 is 0 Å². The average Bonchev–Trinajstić information content (AvgIpc) is 2.72. The Hall–Kier alpha value is -1.79. The van der Waals surface area contributed by atoms with Crippen LogP contribution >= 0.6 is 12.4 Å². The fourth-order valence-electron chi connectivity index (χ4n) is 4.06. The number of rotatable bonds is 5. The van der Waals surface area contributed by atoms with Crippen molar-refractivity contribution in [3.8, 4) is 5.75 Å². The molecule has 0 radical (unpaired) electrons. The van der Waals surface area contributed by atoms with Crippen molar-refractivity contribution in [3.05, 3.63) is 30.3 Å². The minimum atomic E-state index is -0.105. The highest BCUT2D eigenvalue weighted by atomic mass is 35.5. The predicted octanol–water partition coefficient (Wildman–Crippen LogP) is 2.31. The van der Waals surface area contributed by atoms with Crippen LogP contribution in [0.4, 0.5) is 0 Å². The molecule has 28 heavy (non-hydrogen) atoms. The normalized spacial score (nSPS) is 23.5. The van der Waals surface area contributed by atoms with Crippen LogP contribution in [-0.2, 0) is 9.59 Å². The molecule has 2 aliphatic heterocycles. The summed E-state index contributed by atoms with van der Waals surface area (Å²) >= 11 is 0. The number of likely N-dealkylation sites (tertiary alicyclic amines) is 2. The maximum Gasteiger partial charge on any atom is 0.260 e. The van der Waals surface area contributed by atoms with Crippen LogP contribution in [0, 0.1) is 11.8 Å². The largest absolute Gasteiger partial charge is 0.484 e. The summed E-state index contributed by atoms with van der Waals surface area (Å²) < 4.78 is 5.57. The van der Waals surface area contributed by atoms with Gasteiger partial charge in [-0.25, -0.2) is 0 Å². The molecule has 2 fully saturated rings. The van der Waals surface area contributed by atoms with E-state index in [-0.39, 0.29) is 42.8 Å². The van der Waals surface area contributed by atoms with Crippen molar-refractivity contribution in [2.24, 2.45) is 17.6 Å². The van der Waals surface area contributed by atoms with E-state index in [9.17, 15) is 9.59 Å². The van der Waals surface area contributed by atoms with Crippen molar-refractivity contribution in [1.29, 1.82) is 0 Å². The van der Waals surface area contributed by atoms with E-state index in [1.54, 1.807) is 4.90 Å². The first kappa shape index (κ1) is 22.5. The lowest BCUT2D eigenvalue weighted by molar-refractivity contribution is -0.143. The smallest absolute Gasteiger partial charge is 0.260 e. The Morgan fingerprint density at radius 3 is 2.50 bits per heavy atom. The van der Waals surface area contributed by atoms with Crippen LogP contribution < -0.4 is 10.5 Å². The van der Waals surface area contributed by atoms with Gasteiger partial charge in [-0.2, -0.15) is 0 Å². The van der Waals surface area contributed by atoms with Crippen molar-refractivity contribution in [1.82, 2.24) is 9.80 Å². The van der Waals surface area contributed by atoms with E-state index in [1.165, 1.54) is 0 Å². The molecule has 6 nitrogen and oxygen atoms in total. The number of hydrogen-bond acceptors (Lipinski definition) is 4. The minimum absolute atomic E-state index is 0. The van der Waals surface area contributed by atoms with Gasteiger partial charge in [-0.05, 0) is 50.7 Å². The van der Waals surface area contributed by atoms with Gasteiger partial charge in [0.1, 0.15) is 5.75 Å². The lowest BCUT2D eigenvalue weighted by Gasteiger charge is -2.39. The Morgan fingerprint density at radius 1 is 1.11 bits per heavy atom. The molecule has 2 heterocycles. The second-order valence-electron chi connectivity index (χ2n) is 7.83. The van der Waals surface area contributed by atoms with E-state index in [0.29, 0.717) is 24.8 Å². The standard InChI is InChI=1S/C21H31N3O3.ClH/c1-16(22)17-7-5-12-24(13-17)21(26)18-8-6-11-23(14-18)20(25)15-27-19-9-3-2-4-10-19;/h2-4,9-10,16-18H,5-8,11-15,22H2,1H3;1H. The number of benzene rings is 1. The van der Waals surface area contributed by atoms with Crippen LogP contribution in [-0.4, -0.2) is 60.4 Å². The third-order valence-electron chi connectivity index (χ3n) is 5.74. The number of piperidine rings is 2. The van der Waals surface area contributed by atoms with Gasteiger partial charge >= 0.3 is 0 Å². The van der Waals surface area contributed by atoms with Crippen molar-refractivity contribution < 1.29 is 14.3 Å². The molecule has 2 N–H and O–H groups in total. The van der Waals surface area contributed by atoms with Crippen LogP contribution in [0.15, 0.2) is 30.3 Å². The van der Waals surface area contributed by atoms with E-state index in [1.807, 2.05) is 42.2 Å². The third kappa shape index (κ3) is 5.85. The third-order valence-corrected chi connectivity index (χ3v) is 5.74. The summed E-state index contributed by atoms with van der Waals surface area (Å²) in [6, 6.07) is 9.45. The molecular weight excluding hydrogens is 378 g/mol. The highest BCUT2D eigenvalue weighted by Gasteiger charge is 2.34. The molecule has 3 rings (SSSR count). The number of para-hydroxylation sites is 1. The minimum Gasteiger partial charge on any atom is -0.484 e. The van der Waals surface area contributed by atoms with Crippen molar-refractivity contribution in [2.45, 2.75) is 38.6 Å². The quantitative estimate of drug-likeness (QED) is 0.809. The van der Waals surface area contributed by atoms with Crippen LogP contribution in [0.5, 0.6) is 5.75 Å². The van der Waals surface area contributed by atoms with Gasteiger partial charge in [-0.3, -0.25) is 9.59 Å². The summed E-state index contributed by atoms with van der Waals surface area (Å²) in [5.74, 6) is 1.09. The van der Waals surface area contributed by atoms with Gasteiger partial charge in [0.2, 0.25) is 5.91 Å². The summed E-state index contributed by atoms with van der Waals surface area (Å²) in [6.45, 7) is 4.79. The Bertz CT molecular complexity index is 641. The zero-order chi connectivity index (χ0) is 19.2. The number of ether oxygens (including phenoxy) is 1. The number of carbonyl (C=O) groups excluding carboxylic acids is 2. The van der Waals surface area contributed by atoms with Gasteiger partial charge < -0.3 is 20.3 Å². The summed E-state index contributed by atoms with van der Waals surface area (Å²) in [4.78, 5) is 29.3. The van der Waals surface area contributed by atoms with Crippen LogP contribution in [0.3, 0.4) is 0 Å². The van der Waals surface area contributed by atoms with E-state index < -0.39 is 0 Å². The van der Waals surface area contributed by atoms with Gasteiger partial charge in [0, 0.05) is 32.2 Å². The molecule has 0 aliphatic carbocycles. The highest BCUT2D eigenvalue weighted by molar-refractivity contribution is 5.85. The number of nitrogens with two attached hydrogens (primary N) is 1. The molecular formula is C21H32ClN3O3. The number of nitrogens with zero attached hydrogens (tertiary/aromatic N) is 2. The Labute approximate surface area is 173 Å². The zero-order valence-corrected chi connectivity index (χ0v) is 17.4. The SMILES string of the molecule is CC(N)C1CCCN(C(=O)C2CCCN(C(=O)COc3ccccc3)C2)C1.Cl. The molecule has 3 unspecified atom stereocenters. The monoisotopic (exact) mass is 409 g/mol. The fraction of sp³-hybridized carbons (Fsp3) is 0.619. The van der Waals surface area contributed by atoms with Gasteiger partial charge in [0.15, 0.2) is 6.61 Å². The second kappa shape index (κ2) is 10.7. The lowest BCUT2D eigenvalue weighted by atomic mass is 9.90. The summed E-state index contributed by atoms with van der Waals surface area (Å²) in [7, 11) is 0. The fourth-order valence-corrected chi connectivity index (χ4v) is 4.06.